The van der Waals surface area contributed by atoms with Crippen LogP contribution in [0, 0.1) is 0 Å². The van der Waals surface area contributed by atoms with E-state index in [0.717, 1.165) is 5.39 Å². The number of nitrogens with zero attached hydrogens (tertiary/aromatic N) is 2. The number of fused-ring (bicyclic) bond motifs is 2. The summed E-state index contributed by atoms with van der Waals surface area (Å²) in [5.74, 6) is -0.128. The number of carboxylic acids is 1. The fourth-order valence-electron chi connectivity index (χ4n) is 3.88. The predicted octanol–water partition coefficient (Wildman–Crippen LogP) is 3.38. The minimum absolute atomic E-state index is 0.0183. The molecule has 9 nitrogen and oxygen atoms in total. The maximum atomic E-state index is 13.0. The number of hydrogen-bond acceptors (Lipinski definition) is 7. The number of aromatic carboxylic acids is 1. The molecule has 1 aliphatic heterocycles. The molecule has 170 valence electrons. The fraction of sp³-hybridized carbons (Fsp3) is 0.217. The van der Waals surface area contributed by atoms with Crippen molar-refractivity contribution in [2.24, 2.45) is 0 Å². The number of aromatic nitrogens is 1. The van der Waals surface area contributed by atoms with E-state index in [-0.39, 0.29) is 28.9 Å². The summed E-state index contributed by atoms with van der Waals surface area (Å²) in [4.78, 5) is 16.6. The molecule has 0 aliphatic carbocycles. The number of rotatable bonds is 5. The van der Waals surface area contributed by atoms with E-state index in [4.69, 9.17) is 13.9 Å². The molecule has 0 bridgehead atoms. The molecule has 0 spiro atoms. The Hall–Kier alpha value is -3.47. The Morgan fingerprint density at radius 1 is 1.09 bits per heavy atom. The maximum Gasteiger partial charge on any atom is 0.336 e. The highest BCUT2D eigenvalue weighted by molar-refractivity contribution is 7.89. The molecule has 1 saturated heterocycles. The molecule has 0 atom stereocenters. The van der Waals surface area contributed by atoms with Gasteiger partial charge in [0.1, 0.15) is 17.0 Å². The molecule has 3 heterocycles. The van der Waals surface area contributed by atoms with Crippen LogP contribution in [-0.4, -0.2) is 62.2 Å². The Kier molecular flexibility index (Phi) is 5.28. The van der Waals surface area contributed by atoms with Gasteiger partial charge in [0, 0.05) is 23.9 Å². The van der Waals surface area contributed by atoms with Crippen molar-refractivity contribution >= 4 is 37.9 Å². The van der Waals surface area contributed by atoms with Crippen LogP contribution in [-0.2, 0) is 14.8 Å². The second kappa shape index (κ2) is 8.14. The van der Waals surface area contributed by atoms with E-state index < -0.39 is 16.0 Å². The molecular weight excluding hydrogens is 448 g/mol. The van der Waals surface area contributed by atoms with Crippen LogP contribution in [0.15, 0.2) is 57.8 Å². The van der Waals surface area contributed by atoms with Crippen LogP contribution >= 0.6 is 0 Å². The van der Waals surface area contributed by atoms with Crippen molar-refractivity contribution in [2.45, 2.75) is 4.90 Å². The number of methoxy groups -OCH3 is 1. The van der Waals surface area contributed by atoms with Gasteiger partial charge in [-0.3, -0.25) is 0 Å². The van der Waals surface area contributed by atoms with Gasteiger partial charge in [0.15, 0.2) is 5.76 Å². The molecule has 2 aromatic heterocycles. The standard InChI is InChI=1S/C23H20N2O7S/c1-30-15-2-5-21-14(10-15)11-22(32-21)20-13-18(23(26)27)17-12-16(3-4-19(17)24-20)33(28,29)25-6-8-31-9-7-25/h2-5,10-13H,6-9H2,1H3,(H,26,27). The summed E-state index contributed by atoms with van der Waals surface area (Å²) in [5, 5.41) is 10.9. The summed E-state index contributed by atoms with van der Waals surface area (Å²) in [6, 6.07) is 12.8. The molecule has 4 aromatic rings. The average molecular weight is 468 g/mol. The lowest BCUT2D eigenvalue weighted by molar-refractivity contribution is 0.0699. The van der Waals surface area contributed by atoms with Crippen LogP contribution in [0.4, 0.5) is 0 Å². The number of benzene rings is 2. The van der Waals surface area contributed by atoms with Gasteiger partial charge < -0.3 is 19.0 Å². The van der Waals surface area contributed by atoms with Crippen LogP contribution in [0.1, 0.15) is 10.4 Å². The van der Waals surface area contributed by atoms with Crippen LogP contribution in [0.5, 0.6) is 5.75 Å². The number of carbonyl (C=O) groups is 1. The van der Waals surface area contributed by atoms with Crippen LogP contribution in [0.2, 0.25) is 0 Å². The highest BCUT2D eigenvalue weighted by Crippen LogP contribution is 2.32. The molecule has 33 heavy (non-hydrogen) atoms. The molecule has 0 amide bonds. The van der Waals surface area contributed by atoms with Gasteiger partial charge in [0.2, 0.25) is 10.0 Å². The molecule has 0 saturated carbocycles. The molecule has 1 N–H and O–H groups in total. The van der Waals surface area contributed by atoms with E-state index in [0.29, 0.717) is 41.5 Å². The van der Waals surface area contributed by atoms with Gasteiger partial charge in [0.05, 0.1) is 36.3 Å². The van der Waals surface area contributed by atoms with Crippen molar-refractivity contribution in [3.8, 4) is 17.2 Å². The van der Waals surface area contributed by atoms with Gasteiger partial charge in [-0.05, 0) is 48.5 Å². The number of pyridine rings is 1. The first kappa shape index (κ1) is 21.4. The predicted molar refractivity (Wildman–Crippen MR) is 120 cm³/mol. The summed E-state index contributed by atoms with van der Waals surface area (Å²) in [5.41, 5.74) is 1.23. The summed E-state index contributed by atoms with van der Waals surface area (Å²) < 4.78 is 43.7. The summed E-state index contributed by atoms with van der Waals surface area (Å²) in [7, 11) is -2.21. The molecule has 5 rings (SSSR count). The van der Waals surface area contributed by atoms with Gasteiger partial charge >= 0.3 is 5.97 Å². The Morgan fingerprint density at radius 3 is 2.61 bits per heavy atom. The molecule has 10 heteroatoms. The van der Waals surface area contributed by atoms with Crippen molar-refractivity contribution in [1.82, 2.24) is 9.29 Å². The third kappa shape index (κ3) is 3.82. The van der Waals surface area contributed by atoms with Gasteiger partial charge in [-0.1, -0.05) is 0 Å². The second-order valence-electron chi connectivity index (χ2n) is 7.57. The van der Waals surface area contributed by atoms with Crippen LogP contribution < -0.4 is 4.74 Å². The van der Waals surface area contributed by atoms with E-state index in [9.17, 15) is 18.3 Å². The molecule has 0 radical (unpaired) electrons. The van der Waals surface area contributed by atoms with Crippen LogP contribution in [0.3, 0.4) is 0 Å². The molecular formula is C23H20N2O7S. The molecule has 1 aliphatic rings. The maximum absolute atomic E-state index is 13.0. The Bertz CT molecular complexity index is 1490. The number of hydrogen-bond donors (Lipinski definition) is 1. The molecule has 2 aromatic carbocycles. The smallest absolute Gasteiger partial charge is 0.336 e. The first-order valence-corrected chi connectivity index (χ1v) is 11.6. The summed E-state index contributed by atoms with van der Waals surface area (Å²) in [6.45, 7) is 1.14. The average Bonchev–Trinajstić information content (AvgIpc) is 3.26. The van der Waals surface area contributed by atoms with Gasteiger partial charge in [-0.25, -0.2) is 18.2 Å². The third-order valence-electron chi connectivity index (χ3n) is 5.59. The summed E-state index contributed by atoms with van der Waals surface area (Å²) >= 11 is 0. The number of furan rings is 1. The highest BCUT2D eigenvalue weighted by Gasteiger charge is 2.27. The van der Waals surface area contributed by atoms with Crippen molar-refractivity contribution in [3.63, 3.8) is 0 Å². The lowest BCUT2D eigenvalue weighted by atomic mass is 10.1. The normalized spacial score (nSPS) is 15.2. The zero-order valence-electron chi connectivity index (χ0n) is 17.6. The topological polar surface area (TPSA) is 119 Å². The largest absolute Gasteiger partial charge is 0.497 e. The van der Waals surface area contributed by atoms with Gasteiger partial charge in [0.25, 0.3) is 0 Å². The lowest BCUT2D eigenvalue weighted by Crippen LogP contribution is -2.40. The number of morpholine rings is 1. The quantitative estimate of drug-likeness (QED) is 0.473. The Labute approximate surface area is 189 Å². The van der Waals surface area contributed by atoms with Crippen molar-refractivity contribution in [1.29, 1.82) is 0 Å². The highest BCUT2D eigenvalue weighted by atomic mass is 32.2. The van der Waals surface area contributed by atoms with Crippen molar-refractivity contribution in [2.75, 3.05) is 33.4 Å². The number of sulfonamides is 1. The molecule has 1 fully saturated rings. The van der Waals surface area contributed by atoms with E-state index >= 15 is 0 Å². The minimum atomic E-state index is -3.78. The number of carboxylic acid groups (broad SMARTS) is 1. The van der Waals surface area contributed by atoms with Gasteiger partial charge in [-0.15, -0.1) is 0 Å². The van der Waals surface area contributed by atoms with Crippen molar-refractivity contribution in [3.05, 3.63) is 54.1 Å². The zero-order chi connectivity index (χ0) is 23.2. The van der Waals surface area contributed by atoms with E-state index in [1.165, 1.54) is 28.6 Å². The van der Waals surface area contributed by atoms with Gasteiger partial charge in [-0.2, -0.15) is 4.31 Å². The van der Waals surface area contributed by atoms with E-state index in [2.05, 4.69) is 4.98 Å². The van der Waals surface area contributed by atoms with Crippen molar-refractivity contribution < 1.29 is 32.2 Å². The summed E-state index contributed by atoms with van der Waals surface area (Å²) in [6.07, 6.45) is 0. The van der Waals surface area contributed by atoms with Crippen LogP contribution in [0.25, 0.3) is 33.3 Å². The number of ether oxygens (including phenoxy) is 2. The fourth-order valence-corrected chi connectivity index (χ4v) is 5.31. The molecule has 0 unspecified atom stereocenters. The zero-order valence-corrected chi connectivity index (χ0v) is 18.5. The minimum Gasteiger partial charge on any atom is -0.497 e. The SMILES string of the molecule is COc1ccc2oc(-c3cc(C(=O)O)c4cc(S(=O)(=O)N5CCOCC5)ccc4n3)cc2c1. The first-order chi connectivity index (χ1) is 15.9. The second-order valence-corrected chi connectivity index (χ2v) is 9.51. The lowest BCUT2D eigenvalue weighted by Gasteiger charge is -2.26. The third-order valence-corrected chi connectivity index (χ3v) is 7.49. The van der Waals surface area contributed by atoms with E-state index in [1.807, 2.05) is 6.07 Å². The monoisotopic (exact) mass is 468 g/mol. The van der Waals surface area contributed by atoms with E-state index in [1.54, 1.807) is 25.3 Å². The Morgan fingerprint density at radius 2 is 1.88 bits per heavy atom. The first-order valence-electron chi connectivity index (χ1n) is 10.2. The Balaban J connectivity index is 1.62.